The fourth-order valence-corrected chi connectivity index (χ4v) is 1.88. The minimum Gasteiger partial charge on any atom is -0.329 e. The summed E-state index contributed by atoms with van der Waals surface area (Å²) in [4.78, 5) is 7.80. The van der Waals surface area contributed by atoms with Gasteiger partial charge >= 0.3 is 0 Å². The fraction of sp³-hybridized carbons (Fsp3) is 0.667. The minimum absolute atomic E-state index is 0.432. The van der Waals surface area contributed by atoms with Gasteiger partial charge in [0.2, 0.25) is 0 Å². The van der Waals surface area contributed by atoms with Gasteiger partial charge in [0.15, 0.2) is 0 Å². The summed E-state index contributed by atoms with van der Waals surface area (Å²) in [5.41, 5.74) is 8.62. The van der Waals surface area contributed by atoms with Crippen LogP contribution in [0.1, 0.15) is 17.5 Å². The number of rotatable bonds is 4. The lowest BCUT2D eigenvalue weighted by molar-refractivity contribution is 0.256. The van der Waals surface area contributed by atoms with Crippen molar-refractivity contribution in [3.8, 4) is 0 Å². The Bertz CT molecular complexity index is 259. The highest BCUT2D eigenvalue weighted by molar-refractivity contribution is 7.09. The van der Waals surface area contributed by atoms with E-state index in [2.05, 4.69) is 23.9 Å². The van der Waals surface area contributed by atoms with Gasteiger partial charge in [0, 0.05) is 24.0 Å². The Morgan fingerprint density at radius 2 is 2.38 bits per heavy atom. The van der Waals surface area contributed by atoms with Gasteiger partial charge in [0.1, 0.15) is 0 Å². The van der Waals surface area contributed by atoms with Crippen LogP contribution in [-0.2, 0) is 6.54 Å². The van der Waals surface area contributed by atoms with Crippen LogP contribution in [0.25, 0.3) is 0 Å². The van der Waals surface area contributed by atoms with Gasteiger partial charge in [-0.05, 0) is 20.9 Å². The van der Waals surface area contributed by atoms with Crippen molar-refractivity contribution in [1.82, 2.24) is 9.88 Å². The van der Waals surface area contributed by atoms with E-state index in [4.69, 9.17) is 5.73 Å². The molecule has 0 aliphatic carbocycles. The second-order valence-corrected chi connectivity index (χ2v) is 4.30. The zero-order valence-corrected chi connectivity index (χ0v) is 9.27. The largest absolute Gasteiger partial charge is 0.329 e. The third kappa shape index (κ3) is 2.76. The van der Waals surface area contributed by atoms with Crippen molar-refractivity contribution in [1.29, 1.82) is 0 Å². The molecule has 0 aliphatic heterocycles. The fourth-order valence-electron chi connectivity index (χ4n) is 1.04. The van der Waals surface area contributed by atoms with Crippen LogP contribution >= 0.6 is 11.3 Å². The summed E-state index contributed by atoms with van der Waals surface area (Å²) in [6.07, 6.45) is 0. The second kappa shape index (κ2) is 4.69. The molecule has 0 spiro atoms. The molecule has 0 saturated carbocycles. The Labute approximate surface area is 83.6 Å². The zero-order chi connectivity index (χ0) is 9.84. The van der Waals surface area contributed by atoms with Crippen LogP contribution in [0.15, 0.2) is 5.51 Å². The Morgan fingerprint density at radius 1 is 1.69 bits per heavy atom. The molecule has 0 aromatic carbocycles. The van der Waals surface area contributed by atoms with E-state index in [9.17, 15) is 0 Å². The van der Waals surface area contributed by atoms with E-state index in [1.165, 1.54) is 4.88 Å². The molecule has 0 fully saturated rings. The Morgan fingerprint density at radius 3 is 2.85 bits per heavy atom. The molecule has 0 amide bonds. The summed E-state index contributed by atoms with van der Waals surface area (Å²) in [6.45, 7) is 5.84. The van der Waals surface area contributed by atoms with Gasteiger partial charge in [-0.25, -0.2) is 4.98 Å². The van der Waals surface area contributed by atoms with Gasteiger partial charge < -0.3 is 5.73 Å². The van der Waals surface area contributed by atoms with Crippen LogP contribution in [0.5, 0.6) is 0 Å². The second-order valence-electron chi connectivity index (χ2n) is 3.36. The molecule has 0 bridgehead atoms. The number of thiazole rings is 1. The number of hydrogen-bond donors (Lipinski definition) is 1. The first-order chi connectivity index (χ1) is 6.15. The highest BCUT2D eigenvalue weighted by Crippen LogP contribution is 2.14. The maximum atomic E-state index is 5.59. The quantitative estimate of drug-likeness (QED) is 0.793. The van der Waals surface area contributed by atoms with Crippen LogP contribution < -0.4 is 5.73 Å². The molecule has 1 heterocycles. The average Bonchev–Trinajstić information content (AvgIpc) is 2.50. The van der Waals surface area contributed by atoms with Gasteiger partial charge in [-0.15, -0.1) is 11.3 Å². The summed E-state index contributed by atoms with van der Waals surface area (Å²) in [7, 11) is 2.09. The number of likely N-dealkylation sites (N-methyl/N-ethyl adjacent to an activating group) is 1. The zero-order valence-electron chi connectivity index (χ0n) is 8.45. The van der Waals surface area contributed by atoms with Crippen LogP contribution in [0.2, 0.25) is 0 Å². The molecule has 0 radical (unpaired) electrons. The number of nitrogens with zero attached hydrogens (tertiary/aromatic N) is 2. The maximum absolute atomic E-state index is 5.59. The molecule has 1 aromatic rings. The van der Waals surface area contributed by atoms with Gasteiger partial charge in [-0.1, -0.05) is 0 Å². The predicted octanol–water partition coefficient (Wildman–Crippen LogP) is 1.23. The highest BCUT2D eigenvalue weighted by Gasteiger charge is 2.10. The maximum Gasteiger partial charge on any atom is 0.0798 e. The van der Waals surface area contributed by atoms with Gasteiger partial charge in [-0.2, -0.15) is 0 Å². The molecule has 4 heteroatoms. The molecule has 2 N–H and O–H groups in total. The van der Waals surface area contributed by atoms with Crippen molar-refractivity contribution in [3.05, 3.63) is 16.1 Å². The lowest BCUT2D eigenvalue weighted by atomic mass is 10.3. The number of aryl methyl sites for hydroxylation is 1. The first-order valence-electron chi connectivity index (χ1n) is 4.44. The van der Waals surface area contributed by atoms with Crippen LogP contribution in [-0.4, -0.2) is 29.5 Å². The first kappa shape index (κ1) is 10.6. The molecular formula is C9H17N3S. The standard InChI is InChI=1S/C9H17N3S/c1-7(4-10)12(3)5-9-8(2)11-6-13-9/h6-7H,4-5,10H2,1-3H3. The number of aromatic nitrogens is 1. The van der Waals surface area contributed by atoms with Crippen molar-refractivity contribution < 1.29 is 0 Å². The first-order valence-corrected chi connectivity index (χ1v) is 5.32. The van der Waals surface area contributed by atoms with Crippen molar-refractivity contribution in [2.24, 2.45) is 5.73 Å². The average molecular weight is 199 g/mol. The molecule has 3 nitrogen and oxygen atoms in total. The smallest absolute Gasteiger partial charge is 0.0798 e. The Kier molecular flexibility index (Phi) is 3.84. The topological polar surface area (TPSA) is 42.2 Å². The van der Waals surface area contributed by atoms with E-state index in [0.29, 0.717) is 12.6 Å². The van der Waals surface area contributed by atoms with Crippen molar-refractivity contribution in [2.75, 3.05) is 13.6 Å². The van der Waals surface area contributed by atoms with E-state index in [1.54, 1.807) is 11.3 Å². The van der Waals surface area contributed by atoms with Gasteiger partial charge in [0.05, 0.1) is 11.2 Å². The minimum atomic E-state index is 0.432. The predicted molar refractivity (Wildman–Crippen MR) is 56.8 cm³/mol. The van der Waals surface area contributed by atoms with E-state index in [-0.39, 0.29) is 0 Å². The third-order valence-corrected chi connectivity index (χ3v) is 3.25. The van der Waals surface area contributed by atoms with Crippen molar-refractivity contribution in [3.63, 3.8) is 0 Å². The summed E-state index contributed by atoms with van der Waals surface area (Å²) in [5.74, 6) is 0. The Balaban J connectivity index is 2.54. The van der Waals surface area contributed by atoms with E-state index < -0.39 is 0 Å². The van der Waals surface area contributed by atoms with Crippen molar-refractivity contribution in [2.45, 2.75) is 26.4 Å². The molecule has 1 aromatic heterocycles. The van der Waals surface area contributed by atoms with Crippen LogP contribution in [0, 0.1) is 6.92 Å². The normalized spacial score (nSPS) is 13.6. The lowest BCUT2D eigenvalue weighted by Gasteiger charge is -2.22. The van der Waals surface area contributed by atoms with Gasteiger partial charge in [-0.3, -0.25) is 4.90 Å². The molecule has 1 rings (SSSR count). The molecular weight excluding hydrogens is 182 g/mol. The van der Waals surface area contributed by atoms with E-state index in [0.717, 1.165) is 12.2 Å². The monoisotopic (exact) mass is 199 g/mol. The number of nitrogens with two attached hydrogens (primary N) is 1. The Hall–Kier alpha value is -0.450. The molecule has 13 heavy (non-hydrogen) atoms. The number of hydrogen-bond acceptors (Lipinski definition) is 4. The summed E-state index contributed by atoms with van der Waals surface area (Å²) in [6, 6.07) is 0.432. The van der Waals surface area contributed by atoms with Gasteiger partial charge in [0.25, 0.3) is 0 Å². The molecule has 1 atom stereocenters. The SMILES string of the molecule is Cc1ncsc1CN(C)C(C)CN. The molecule has 0 aliphatic rings. The molecule has 0 saturated heterocycles. The van der Waals surface area contributed by atoms with E-state index >= 15 is 0 Å². The summed E-state index contributed by atoms with van der Waals surface area (Å²) < 4.78 is 0. The highest BCUT2D eigenvalue weighted by atomic mass is 32.1. The third-order valence-electron chi connectivity index (χ3n) is 2.33. The van der Waals surface area contributed by atoms with Crippen molar-refractivity contribution >= 4 is 11.3 Å². The summed E-state index contributed by atoms with van der Waals surface area (Å²) >= 11 is 1.71. The van der Waals surface area contributed by atoms with Crippen LogP contribution in [0.4, 0.5) is 0 Å². The molecule has 74 valence electrons. The summed E-state index contributed by atoms with van der Waals surface area (Å²) in [5, 5.41) is 0. The van der Waals surface area contributed by atoms with Crippen LogP contribution in [0.3, 0.4) is 0 Å². The van der Waals surface area contributed by atoms with E-state index in [1.807, 2.05) is 12.4 Å². The lowest BCUT2D eigenvalue weighted by Crippen LogP contribution is -2.34. The molecule has 1 unspecified atom stereocenters.